The molecule has 6 nitrogen and oxygen atoms in total. The Balaban J connectivity index is -0.0000000720. The van der Waals surface area contributed by atoms with Crippen molar-refractivity contribution in [1.82, 2.24) is 0 Å². The van der Waals surface area contributed by atoms with Crippen molar-refractivity contribution < 1.29 is 28.7 Å². The molecule has 0 fully saturated rings. The minimum atomic E-state index is -3.13. The average Bonchev–Trinajstić information content (AvgIpc) is 1.25. The first-order valence-electron chi connectivity index (χ1n) is 1.30. The molecule has 0 unspecified atom stereocenters. The van der Waals surface area contributed by atoms with Crippen LogP contribution in [0.15, 0.2) is 0 Å². The van der Waals surface area contributed by atoms with E-state index >= 15 is 0 Å². The minimum Gasteiger partial charge on any atom is -0.326 e. The van der Waals surface area contributed by atoms with Crippen molar-refractivity contribution in [2.24, 2.45) is 0 Å². The van der Waals surface area contributed by atoms with Crippen LogP contribution in [0.5, 0.6) is 0 Å². The molecule has 0 aliphatic carbocycles. The fourth-order valence-electron chi connectivity index (χ4n) is 0. The summed E-state index contributed by atoms with van der Waals surface area (Å²) in [5.41, 5.74) is 0. The van der Waals surface area contributed by atoms with Crippen molar-refractivity contribution in [3.8, 4) is 0 Å². The van der Waals surface area contributed by atoms with E-state index in [4.69, 9.17) is 28.7 Å². The van der Waals surface area contributed by atoms with Gasteiger partial charge in [-0.1, -0.05) is 0 Å². The second-order valence-electron chi connectivity index (χ2n) is 0.565. The van der Waals surface area contributed by atoms with Crippen LogP contribution >= 0.6 is 16.5 Å². The number of rotatable bonds is 0. The zero-order chi connectivity index (χ0) is 7.15. The second-order valence-corrected chi connectivity index (χ2v) is 1.70. The van der Waals surface area contributed by atoms with Gasteiger partial charge in [-0.3, -0.25) is 9.13 Å². The molecule has 0 aromatic rings. The fourth-order valence-corrected chi connectivity index (χ4v) is 0. The zero-order valence-corrected chi connectivity index (χ0v) is 8.52. The molecule has 54 valence electrons. The van der Waals surface area contributed by atoms with E-state index in [2.05, 4.69) is 0 Å². The predicted octanol–water partition coefficient (Wildman–Crippen LogP) is -1.66. The quantitative estimate of drug-likeness (QED) is 0.277. The maximum absolute atomic E-state index is 8.74. The third kappa shape index (κ3) is 225. The molecule has 2 radical (unpaired) electrons. The molecule has 0 amide bonds. The summed E-state index contributed by atoms with van der Waals surface area (Å²) in [6, 6.07) is 0. The topological polar surface area (TPSA) is 115 Å². The molecule has 0 saturated carbocycles. The molecule has 0 aliphatic rings. The molecule has 9 heteroatoms. The fraction of sp³-hybridized carbons (Fsp3) is 0. The summed E-state index contributed by atoms with van der Waals surface area (Å²) in [5, 5.41) is 0. The maximum atomic E-state index is 8.74. The van der Waals surface area contributed by atoms with Crippen molar-refractivity contribution in [3.63, 3.8) is 0 Å². The Morgan fingerprint density at radius 3 is 0.778 bits per heavy atom. The predicted molar refractivity (Wildman–Crippen MR) is 32.6 cm³/mol. The van der Waals surface area contributed by atoms with Crippen molar-refractivity contribution in [2.75, 3.05) is 0 Å². The second kappa shape index (κ2) is 12.3. The van der Waals surface area contributed by atoms with Crippen LogP contribution in [0.1, 0.15) is 0 Å². The van der Waals surface area contributed by atoms with Crippen molar-refractivity contribution in [1.29, 1.82) is 0 Å². The van der Waals surface area contributed by atoms with Gasteiger partial charge in [0, 0.05) is 37.7 Å². The Labute approximate surface area is 82.4 Å². The first-order chi connectivity index (χ1) is 3.46. The molecule has 0 spiro atoms. The summed E-state index contributed by atoms with van der Waals surface area (Å²) in [7, 11) is -6.26. The van der Waals surface area contributed by atoms with Gasteiger partial charge in [-0.2, -0.15) is 0 Å². The molecule has 0 bridgehead atoms. The van der Waals surface area contributed by atoms with E-state index in [0.717, 1.165) is 0 Å². The van der Waals surface area contributed by atoms with Crippen molar-refractivity contribution in [3.05, 3.63) is 0 Å². The Morgan fingerprint density at radius 1 is 0.778 bits per heavy atom. The molecule has 0 saturated heterocycles. The van der Waals surface area contributed by atoms with Gasteiger partial charge in [-0.05, 0) is 0 Å². The van der Waals surface area contributed by atoms with Gasteiger partial charge < -0.3 is 19.6 Å². The van der Waals surface area contributed by atoms with Crippen LogP contribution in [-0.2, 0) is 9.13 Å². The zero-order valence-electron chi connectivity index (χ0n) is 4.31. The van der Waals surface area contributed by atoms with E-state index in [9.17, 15) is 0 Å². The molecule has 0 aromatic carbocycles. The van der Waals surface area contributed by atoms with E-state index in [1.165, 1.54) is 0 Å². The van der Waals surface area contributed by atoms with Gasteiger partial charge in [0.2, 0.25) is 0 Å². The van der Waals surface area contributed by atoms with E-state index in [1.807, 2.05) is 0 Å². The van der Waals surface area contributed by atoms with Crippen LogP contribution < -0.4 is 0 Å². The summed E-state index contributed by atoms with van der Waals surface area (Å²) in [5.74, 6) is 0. The largest absolute Gasteiger partial charge is 0.326 e. The summed E-state index contributed by atoms with van der Waals surface area (Å²) >= 11 is 0. The summed E-state index contributed by atoms with van der Waals surface area (Å²) in [6.45, 7) is 0. The standard InChI is InChI=1S/Ca.2H3O3P/c;2*1-4(2)3/h;2*4H,(H2,1,2,3). The van der Waals surface area contributed by atoms with Gasteiger partial charge in [-0.25, -0.2) is 0 Å². The van der Waals surface area contributed by atoms with E-state index in [-0.39, 0.29) is 37.7 Å². The molecule has 9 heavy (non-hydrogen) atoms. The van der Waals surface area contributed by atoms with Gasteiger partial charge in [-0.15, -0.1) is 0 Å². The third-order valence-corrected chi connectivity index (χ3v) is 0. The number of hydrogen-bond donors (Lipinski definition) is 4. The van der Waals surface area contributed by atoms with E-state index in [1.54, 1.807) is 0 Å². The molecule has 0 atom stereocenters. The van der Waals surface area contributed by atoms with E-state index in [0.29, 0.717) is 0 Å². The number of hydrogen-bond acceptors (Lipinski definition) is 2. The summed E-state index contributed by atoms with van der Waals surface area (Å²) in [6.07, 6.45) is 0. The van der Waals surface area contributed by atoms with Gasteiger partial charge in [0.15, 0.2) is 0 Å². The van der Waals surface area contributed by atoms with Crippen LogP contribution in [0.2, 0.25) is 0 Å². The maximum Gasteiger partial charge on any atom is 0.314 e. The Bertz CT molecular complexity index is 69.1. The Morgan fingerprint density at radius 2 is 0.778 bits per heavy atom. The molecular formula is H6CaO6P2. The SMILES string of the molecule is O=[PH](O)O.O=[PH](O)O.[Ca]. The molecule has 0 heterocycles. The van der Waals surface area contributed by atoms with Crippen LogP contribution in [-0.4, -0.2) is 57.3 Å². The molecular weight excluding hydrogens is 198 g/mol. The van der Waals surface area contributed by atoms with Gasteiger partial charge >= 0.3 is 16.5 Å². The van der Waals surface area contributed by atoms with E-state index < -0.39 is 16.5 Å². The van der Waals surface area contributed by atoms with Gasteiger partial charge in [0.1, 0.15) is 0 Å². The minimum absolute atomic E-state index is 0. The smallest absolute Gasteiger partial charge is 0.314 e. The third-order valence-electron chi connectivity index (χ3n) is 0. The van der Waals surface area contributed by atoms with Gasteiger partial charge in [0.05, 0.1) is 0 Å². The van der Waals surface area contributed by atoms with Crippen LogP contribution in [0.25, 0.3) is 0 Å². The summed E-state index contributed by atoms with van der Waals surface area (Å²) in [4.78, 5) is 28.6. The van der Waals surface area contributed by atoms with Crippen LogP contribution in [0.3, 0.4) is 0 Å². The van der Waals surface area contributed by atoms with Crippen molar-refractivity contribution >= 4 is 54.2 Å². The molecule has 0 aromatic heterocycles. The van der Waals surface area contributed by atoms with Crippen molar-refractivity contribution in [2.45, 2.75) is 0 Å². The first-order valence-corrected chi connectivity index (χ1v) is 3.91. The molecule has 0 aliphatic heterocycles. The monoisotopic (exact) mass is 204 g/mol. The first kappa shape index (κ1) is 16.9. The normalized spacial score (nSPS) is 7.78. The molecule has 0 rings (SSSR count). The summed E-state index contributed by atoms with van der Waals surface area (Å²) < 4.78 is 17.5. The average molecular weight is 204 g/mol. The van der Waals surface area contributed by atoms with Crippen LogP contribution in [0, 0.1) is 0 Å². The molecule has 4 N–H and O–H groups in total. The Kier molecular flexibility index (Phi) is 23.0. The van der Waals surface area contributed by atoms with Gasteiger partial charge in [0.25, 0.3) is 0 Å². The Hall–Kier alpha value is 1.56. The van der Waals surface area contributed by atoms with Crippen LogP contribution in [0.4, 0.5) is 0 Å².